The van der Waals surface area contributed by atoms with E-state index in [9.17, 15) is 9.59 Å². The van der Waals surface area contributed by atoms with Gasteiger partial charge in [-0.1, -0.05) is 12.1 Å². The van der Waals surface area contributed by atoms with Gasteiger partial charge in [-0.05, 0) is 18.2 Å². The molecular formula is C17H17N5O2. The van der Waals surface area contributed by atoms with E-state index in [1.807, 2.05) is 43.3 Å². The maximum atomic E-state index is 12.4. The van der Waals surface area contributed by atoms with Crippen LogP contribution in [0.15, 0.2) is 47.5 Å². The highest BCUT2D eigenvalue weighted by atomic mass is 16.1. The third-order valence-corrected chi connectivity index (χ3v) is 3.68. The molecule has 3 rings (SSSR count). The van der Waals surface area contributed by atoms with Gasteiger partial charge in [-0.3, -0.25) is 14.3 Å². The Labute approximate surface area is 138 Å². The summed E-state index contributed by atoms with van der Waals surface area (Å²) < 4.78 is 2.77. The predicted octanol–water partition coefficient (Wildman–Crippen LogP) is 1.51. The van der Waals surface area contributed by atoms with E-state index in [0.29, 0.717) is 17.7 Å². The quantitative estimate of drug-likeness (QED) is 0.681. The zero-order valence-electron chi connectivity index (χ0n) is 13.7. The first-order valence-corrected chi connectivity index (χ1v) is 7.36. The van der Waals surface area contributed by atoms with Crippen LogP contribution in [0.2, 0.25) is 0 Å². The van der Waals surface area contributed by atoms with Crippen molar-refractivity contribution in [3.8, 4) is 16.9 Å². The number of nitrogens with zero attached hydrogens (tertiary/aromatic N) is 5. The fourth-order valence-electron chi connectivity index (χ4n) is 2.36. The molecule has 0 saturated heterocycles. The fraction of sp³-hybridized carbons (Fsp3) is 0.176. The number of hydrogen-bond donors (Lipinski definition) is 0. The Kier molecular flexibility index (Phi) is 3.99. The molecule has 0 aliphatic carbocycles. The van der Waals surface area contributed by atoms with Crippen molar-refractivity contribution in [1.82, 2.24) is 19.6 Å². The van der Waals surface area contributed by atoms with Crippen molar-refractivity contribution in [3.05, 3.63) is 58.6 Å². The second-order valence-electron chi connectivity index (χ2n) is 5.63. The van der Waals surface area contributed by atoms with Crippen LogP contribution >= 0.6 is 0 Å². The van der Waals surface area contributed by atoms with E-state index < -0.39 is 5.56 Å². The van der Waals surface area contributed by atoms with E-state index in [4.69, 9.17) is 0 Å². The zero-order chi connectivity index (χ0) is 17.3. The van der Waals surface area contributed by atoms with Crippen LogP contribution in [-0.4, -0.2) is 39.9 Å². The second kappa shape index (κ2) is 6.11. The molecule has 0 saturated carbocycles. The molecule has 122 valence electrons. The number of anilines is 1. The topological polar surface area (TPSA) is 73.0 Å². The van der Waals surface area contributed by atoms with Crippen molar-refractivity contribution in [2.45, 2.75) is 0 Å². The standard InChI is InChI=1S/C17H17N5O2/c1-20(2)14-6-4-12(5-7-14)16-8-13(11-23)17(24)22(19-16)15-9-18-21(3)10-15/h4-11H,1-3H3. The van der Waals surface area contributed by atoms with Gasteiger partial charge in [-0.15, -0.1) is 0 Å². The Morgan fingerprint density at radius 2 is 1.88 bits per heavy atom. The first kappa shape index (κ1) is 15.7. The number of carbonyl (C=O) groups excluding carboxylic acids is 1. The lowest BCUT2D eigenvalue weighted by Crippen LogP contribution is -2.24. The Morgan fingerprint density at radius 1 is 1.17 bits per heavy atom. The van der Waals surface area contributed by atoms with Crippen molar-refractivity contribution >= 4 is 12.0 Å². The van der Waals surface area contributed by atoms with Gasteiger partial charge in [0.25, 0.3) is 5.56 Å². The molecule has 1 aromatic carbocycles. The number of aromatic nitrogens is 4. The summed E-state index contributed by atoms with van der Waals surface area (Å²) in [5.74, 6) is 0. The minimum absolute atomic E-state index is 0.0561. The smallest absolute Gasteiger partial charge is 0.282 e. The molecule has 0 bridgehead atoms. The average Bonchev–Trinajstić information content (AvgIpc) is 3.01. The number of hydrogen-bond acceptors (Lipinski definition) is 5. The molecular weight excluding hydrogens is 306 g/mol. The number of aldehydes is 1. The Balaban J connectivity index is 2.15. The van der Waals surface area contributed by atoms with Gasteiger partial charge in [0.1, 0.15) is 5.69 Å². The second-order valence-corrected chi connectivity index (χ2v) is 5.63. The van der Waals surface area contributed by atoms with E-state index in [1.165, 1.54) is 16.9 Å². The van der Waals surface area contributed by atoms with Gasteiger partial charge in [-0.2, -0.15) is 14.9 Å². The fourth-order valence-corrected chi connectivity index (χ4v) is 2.36. The van der Waals surface area contributed by atoms with E-state index >= 15 is 0 Å². The number of carbonyl (C=O) groups is 1. The molecule has 0 fully saturated rings. The minimum atomic E-state index is -0.466. The number of rotatable bonds is 4. The molecule has 0 atom stereocenters. The first-order valence-electron chi connectivity index (χ1n) is 7.36. The first-order chi connectivity index (χ1) is 11.5. The van der Waals surface area contributed by atoms with E-state index in [1.54, 1.807) is 17.9 Å². The van der Waals surface area contributed by atoms with Gasteiger partial charge in [0, 0.05) is 32.4 Å². The lowest BCUT2D eigenvalue weighted by atomic mass is 10.1. The summed E-state index contributed by atoms with van der Waals surface area (Å²) in [6, 6.07) is 9.23. The highest BCUT2D eigenvalue weighted by Gasteiger charge is 2.12. The molecule has 0 unspecified atom stereocenters. The summed E-state index contributed by atoms with van der Waals surface area (Å²) in [6.07, 6.45) is 3.75. The van der Waals surface area contributed by atoms with Crippen molar-refractivity contribution < 1.29 is 4.79 Å². The normalized spacial score (nSPS) is 10.6. The van der Waals surface area contributed by atoms with Crippen LogP contribution in [0.5, 0.6) is 0 Å². The summed E-state index contributed by atoms with van der Waals surface area (Å²) in [4.78, 5) is 25.6. The summed E-state index contributed by atoms with van der Waals surface area (Å²) >= 11 is 0. The lowest BCUT2D eigenvalue weighted by molar-refractivity contribution is 0.112. The van der Waals surface area contributed by atoms with Crippen LogP contribution in [-0.2, 0) is 7.05 Å². The monoisotopic (exact) mass is 323 g/mol. The largest absolute Gasteiger partial charge is 0.378 e. The van der Waals surface area contributed by atoms with E-state index in [2.05, 4.69) is 10.2 Å². The molecule has 24 heavy (non-hydrogen) atoms. The molecule has 0 radical (unpaired) electrons. The number of benzene rings is 1. The van der Waals surface area contributed by atoms with Gasteiger partial charge in [0.15, 0.2) is 6.29 Å². The van der Waals surface area contributed by atoms with Crippen LogP contribution in [0.4, 0.5) is 5.69 Å². The molecule has 3 aromatic rings. The molecule has 2 heterocycles. The van der Waals surface area contributed by atoms with E-state index in [0.717, 1.165) is 11.3 Å². The molecule has 0 spiro atoms. The van der Waals surface area contributed by atoms with Crippen molar-refractivity contribution in [2.75, 3.05) is 19.0 Å². The van der Waals surface area contributed by atoms with Crippen LogP contribution in [0.25, 0.3) is 16.9 Å². The molecule has 0 amide bonds. The maximum absolute atomic E-state index is 12.4. The molecule has 2 aromatic heterocycles. The van der Waals surface area contributed by atoms with Crippen LogP contribution in [0.1, 0.15) is 10.4 Å². The Hall–Kier alpha value is -3.22. The highest BCUT2D eigenvalue weighted by molar-refractivity contribution is 5.77. The van der Waals surface area contributed by atoms with Gasteiger partial charge < -0.3 is 4.90 Å². The summed E-state index contributed by atoms with van der Waals surface area (Å²) in [6.45, 7) is 0. The van der Waals surface area contributed by atoms with Crippen molar-refractivity contribution in [1.29, 1.82) is 0 Å². The molecule has 7 heteroatoms. The molecule has 0 N–H and O–H groups in total. The number of aryl methyl sites for hydroxylation is 1. The minimum Gasteiger partial charge on any atom is -0.378 e. The highest BCUT2D eigenvalue weighted by Crippen LogP contribution is 2.21. The van der Waals surface area contributed by atoms with Gasteiger partial charge >= 0.3 is 0 Å². The van der Waals surface area contributed by atoms with Crippen molar-refractivity contribution in [3.63, 3.8) is 0 Å². The Bertz CT molecular complexity index is 938. The van der Waals surface area contributed by atoms with Crippen LogP contribution in [0.3, 0.4) is 0 Å². The SMILES string of the molecule is CN(C)c1ccc(-c2cc(C=O)c(=O)n(-c3cnn(C)c3)n2)cc1. The summed E-state index contributed by atoms with van der Waals surface area (Å²) in [5.41, 5.74) is 2.52. The van der Waals surface area contributed by atoms with Crippen LogP contribution in [0, 0.1) is 0 Å². The maximum Gasteiger partial charge on any atom is 0.282 e. The van der Waals surface area contributed by atoms with Gasteiger partial charge in [-0.25, -0.2) is 0 Å². The van der Waals surface area contributed by atoms with Crippen molar-refractivity contribution in [2.24, 2.45) is 7.05 Å². The molecule has 0 aliphatic rings. The Morgan fingerprint density at radius 3 is 2.42 bits per heavy atom. The third-order valence-electron chi connectivity index (χ3n) is 3.68. The van der Waals surface area contributed by atoms with Crippen LogP contribution < -0.4 is 10.5 Å². The predicted molar refractivity (Wildman–Crippen MR) is 91.8 cm³/mol. The van der Waals surface area contributed by atoms with E-state index in [-0.39, 0.29) is 5.56 Å². The van der Waals surface area contributed by atoms with Gasteiger partial charge in [0.05, 0.1) is 23.7 Å². The summed E-state index contributed by atoms with van der Waals surface area (Å²) in [7, 11) is 5.67. The molecule has 0 aliphatic heterocycles. The lowest BCUT2D eigenvalue weighted by Gasteiger charge is -2.13. The average molecular weight is 323 g/mol. The summed E-state index contributed by atoms with van der Waals surface area (Å²) in [5, 5.41) is 8.43. The zero-order valence-corrected chi connectivity index (χ0v) is 13.7. The molecule has 7 nitrogen and oxygen atoms in total. The van der Waals surface area contributed by atoms with Gasteiger partial charge in [0.2, 0.25) is 0 Å². The third kappa shape index (κ3) is 2.83.